The molecule has 0 saturated heterocycles. The van der Waals surface area contributed by atoms with Crippen molar-refractivity contribution in [3.8, 4) is 0 Å². The van der Waals surface area contributed by atoms with E-state index in [1.165, 1.54) is 16.7 Å². The van der Waals surface area contributed by atoms with E-state index in [1.54, 1.807) is 6.07 Å². The molecule has 5 nitrogen and oxygen atoms in total. The average molecular weight is 265 g/mol. The Morgan fingerprint density at radius 1 is 1.42 bits per heavy atom. The first-order chi connectivity index (χ1) is 9.06. The Labute approximate surface area is 110 Å². The third kappa shape index (κ3) is 2.52. The number of carboxylic acids is 1. The van der Waals surface area contributed by atoms with Gasteiger partial charge in [0.05, 0.1) is 11.0 Å². The van der Waals surface area contributed by atoms with Crippen molar-refractivity contribution in [3.05, 3.63) is 24.0 Å². The second-order valence-electron chi connectivity index (χ2n) is 4.20. The summed E-state index contributed by atoms with van der Waals surface area (Å²) in [7, 11) is 0. The fourth-order valence-corrected chi connectivity index (χ4v) is 2.12. The zero-order chi connectivity index (χ0) is 14.0. The number of aromatic nitrogens is 2. The molecule has 2 aromatic rings. The number of fused-ring (bicyclic) bond motifs is 1. The van der Waals surface area contributed by atoms with Crippen molar-refractivity contribution in [2.75, 3.05) is 18.0 Å². The molecule has 0 fully saturated rings. The van der Waals surface area contributed by atoms with Crippen LogP contribution in [0.15, 0.2) is 18.2 Å². The van der Waals surface area contributed by atoms with Crippen LogP contribution in [0.4, 0.5) is 10.3 Å². The van der Waals surface area contributed by atoms with Crippen molar-refractivity contribution in [1.82, 2.24) is 9.55 Å². The van der Waals surface area contributed by atoms with E-state index in [0.717, 1.165) is 0 Å². The maximum atomic E-state index is 13.3. The number of carbonyl (C=O) groups is 1. The van der Waals surface area contributed by atoms with Crippen LogP contribution in [0.1, 0.15) is 13.8 Å². The topological polar surface area (TPSA) is 58.4 Å². The largest absolute Gasteiger partial charge is 0.480 e. The van der Waals surface area contributed by atoms with Gasteiger partial charge >= 0.3 is 5.97 Å². The lowest BCUT2D eigenvalue weighted by Gasteiger charge is -2.20. The van der Waals surface area contributed by atoms with E-state index in [1.807, 2.05) is 18.7 Å². The molecule has 1 aromatic heterocycles. The molecule has 0 aliphatic rings. The van der Waals surface area contributed by atoms with Crippen LogP contribution in [-0.4, -0.2) is 33.7 Å². The number of nitrogens with zero attached hydrogens (tertiary/aromatic N) is 3. The number of benzene rings is 1. The van der Waals surface area contributed by atoms with Crippen LogP contribution in [0.5, 0.6) is 0 Å². The Kier molecular flexibility index (Phi) is 3.69. The first-order valence-corrected chi connectivity index (χ1v) is 6.19. The lowest BCUT2D eigenvalue weighted by atomic mass is 10.3. The van der Waals surface area contributed by atoms with E-state index in [9.17, 15) is 9.18 Å². The number of halogens is 1. The quantitative estimate of drug-likeness (QED) is 0.899. The summed E-state index contributed by atoms with van der Waals surface area (Å²) in [6.45, 7) is 5.12. The van der Waals surface area contributed by atoms with Crippen molar-refractivity contribution in [2.45, 2.75) is 20.4 Å². The highest BCUT2D eigenvalue weighted by atomic mass is 19.1. The minimum absolute atomic E-state index is 0.230. The lowest BCUT2D eigenvalue weighted by Crippen LogP contribution is -2.26. The summed E-state index contributed by atoms with van der Waals surface area (Å²) in [6.07, 6.45) is 0. The summed E-state index contributed by atoms with van der Waals surface area (Å²) in [5.41, 5.74) is 1.11. The maximum absolute atomic E-state index is 13.3. The predicted molar refractivity (Wildman–Crippen MR) is 70.9 cm³/mol. The SMILES string of the molecule is CCN(CC)c1nc2ccc(F)cc2n1CC(=O)O. The van der Waals surface area contributed by atoms with Crippen molar-refractivity contribution >= 4 is 23.0 Å². The molecule has 102 valence electrons. The molecular formula is C13H16FN3O2. The maximum Gasteiger partial charge on any atom is 0.323 e. The van der Waals surface area contributed by atoms with Gasteiger partial charge in [0.25, 0.3) is 0 Å². The fraction of sp³-hybridized carbons (Fsp3) is 0.385. The smallest absolute Gasteiger partial charge is 0.323 e. The molecule has 1 aromatic carbocycles. The number of anilines is 1. The Bertz CT molecular complexity index is 605. The van der Waals surface area contributed by atoms with Gasteiger partial charge in [0.1, 0.15) is 12.4 Å². The summed E-state index contributed by atoms with van der Waals surface area (Å²) in [4.78, 5) is 17.3. The number of rotatable bonds is 5. The van der Waals surface area contributed by atoms with Crippen LogP contribution in [0.3, 0.4) is 0 Å². The van der Waals surface area contributed by atoms with Crippen LogP contribution in [0.25, 0.3) is 11.0 Å². The molecule has 0 spiro atoms. The number of aliphatic carboxylic acids is 1. The summed E-state index contributed by atoms with van der Waals surface area (Å²) < 4.78 is 14.9. The first-order valence-electron chi connectivity index (χ1n) is 6.19. The van der Waals surface area contributed by atoms with Gasteiger partial charge < -0.3 is 10.0 Å². The third-order valence-corrected chi connectivity index (χ3v) is 3.03. The molecular weight excluding hydrogens is 249 g/mol. The standard InChI is InChI=1S/C13H16FN3O2/c1-3-16(4-2)13-15-10-6-5-9(14)7-11(10)17(13)8-12(18)19/h5-7H,3-4,8H2,1-2H3,(H,18,19). The number of hydrogen-bond acceptors (Lipinski definition) is 3. The van der Waals surface area contributed by atoms with E-state index < -0.39 is 11.8 Å². The minimum atomic E-state index is -0.975. The summed E-state index contributed by atoms with van der Waals surface area (Å²) >= 11 is 0. The average Bonchev–Trinajstić information content (AvgIpc) is 2.69. The Hall–Kier alpha value is -2.11. The highest BCUT2D eigenvalue weighted by Gasteiger charge is 2.17. The molecule has 0 aliphatic heterocycles. The molecule has 1 N–H and O–H groups in total. The van der Waals surface area contributed by atoms with Gasteiger partial charge in [0, 0.05) is 13.1 Å². The van der Waals surface area contributed by atoms with E-state index in [2.05, 4.69) is 4.98 Å². The minimum Gasteiger partial charge on any atom is -0.480 e. The predicted octanol–water partition coefficient (Wildman–Crippen LogP) is 2.11. The van der Waals surface area contributed by atoms with Gasteiger partial charge in [-0.1, -0.05) is 0 Å². The molecule has 0 aliphatic carbocycles. The summed E-state index contributed by atoms with van der Waals surface area (Å²) in [5.74, 6) is -0.810. The van der Waals surface area contributed by atoms with Crippen LogP contribution >= 0.6 is 0 Å². The zero-order valence-corrected chi connectivity index (χ0v) is 10.9. The van der Waals surface area contributed by atoms with Gasteiger partial charge in [0.2, 0.25) is 5.95 Å². The van der Waals surface area contributed by atoms with Crippen LogP contribution in [-0.2, 0) is 11.3 Å². The zero-order valence-electron chi connectivity index (χ0n) is 10.9. The molecule has 0 atom stereocenters. The summed E-state index contributed by atoms with van der Waals surface area (Å²) in [6, 6.07) is 4.21. The Morgan fingerprint density at radius 3 is 2.68 bits per heavy atom. The molecule has 1 heterocycles. The van der Waals surface area contributed by atoms with E-state index in [-0.39, 0.29) is 6.54 Å². The Morgan fingerprint density at radius 2 is 2.11 bits per heavy atom. The van der Waals surface area contributed by atoms with Gasteiger partial charge in [-0.15, -0.1) is 0 Å². The van der Waals surface area contributed by atoms with E-state index in [4.69, 9.17) is 5.11 Å². The molecule has 0 amide bonds. The molecule has 0 radical (unpaired) electrons. The second kappa shape index (κ2) is 5.26. The number of carboxylic acid groups (broad SMARTS) is 1. The lowest BCUT2D eigenvalue weighted by molar-refractivity contribution is -0.137. The first kappa shape index (κ1) is 13.3. The van der Waals surface area contributed by atoms with Crippen LogP contribution < -0.4 is 4.90 Å². The monoisotopic (exact) mass is 265 g/mol. The van der Waals surface area contributed by atoms with Crippen molar-refractivity contribution in [1.29, 1.82) is 0 Å². The van der Waals surface area contributed by atoms with Gasteiger partial charge in [-0.25, -0.2) is 9.37 Å². The summed E-state index contributed by atoms with van der Waals surface area (Å²) in [5, 5.41) is 9.00. The molecule has 0 bridgehead atoms. The molecule has 2 rings (SSSR count). The van der Waals surface area contributed by atoms with Crippen LogP contribution in [0, 0.1) is 5.82 Å². The normalized spacial score (nSPS) is 10.9. The number of imidazole rings is 1. The molecule has 0 saturated carbocycles. The van der Waals surface area contributed by atoms with Gasteiger partial charge in [-0.05, 0) is 32.0 Å². The van der Waals surface area contributed by atoms with Crippen molar-refractivity contribution in [2.24, 2.45) is 0 Å². The van der Waals surface area contributed by atoms with Crippen LogP contribution in [0.2, 0.25) is 0 Å². The number of hydrogen-bond donors (Lipinski definition) is 1. The van der Waals surface area contributed by atoms with Gasteiger partial charge in [0.15, 0.2) is 0 Å². The molecule has 6 heteroatoms. The van der Waals surface area contributed by atoms with Crippen molar-refractivity contribution < 1.29 is 14.3 Å². The highest BCUT2D eigenvalue weighted by Crippen LogP contribution is 2.23. The third-order valence-electron chi connectivity index (χ3n) is 3.03. The fourth-order valence-electron chi connectivity index (χ4n) is 2.12. The van der Waals surface area contributed by atoms with Gasteiger partial charge in [-0.2, -0.15) is 0 Å². The highest BCUT2D eigenvalue weighted by molar-refractivity contribution is 5.81. The van der Waals surface area contributed by atoms with E-state index in [0.29, 0.717) is 30.1 Å². The molecule has 19 heavy (non-hydrogen) atoms. The molecule has 0 unspecified atom stereocenters. The second-order valence-corrected chi connectivity index (χ2v) is 4.20. The van der Waals surface area contributed by atoms with Crippen molar-refractivity contribution in [3.63, 3.8) is 0 Å². The van der Waals surface area contributed by atoms with E-state index >= 15 is 0 Å². The van der Waals surface area contributed by atoms with Gasteiger partial charge in [-0.3, -0.25) is 9.36 Å². The Balaban J connectivity index is 2.64.